The second-order valence-electron chi connectivity index (χ2n) is 6.36. The number of hydrogen-bond acceptors (Lipinski definition) is 4. The van der Waals surface area contributed by atoms with Crippen LogP contribution in [-0.2, 0) is 14.8 Å². The monoisotopic (exact) mass is 318 g/mol. The SMILES string of the molecule is C=CC(C)(CNCCOC)CC1CCCN(S(C)(=O)=O)C1. The van der Waals surface area contributed by atoms with Crippen molar-refractivity contribution in [2.24, 2.45) is 11.3 Å². The standard InChI is InChI=1S/C15H30N2O3S/c1-5-15(2,13-16-8-10-20-3)11-14-7-6-9-17(12-14)21(4,18)19/h5,14,16H,1,6-13H2,2-4H3. The zero-order chi connectivity index (χ0) is 15.9. The lowest BCUT2D eigenvalue weighted by atomic mass is 9.78. The van der Waals surface area contributed by atoms with Gasteiger partial charge in [0.1, 0.15) is 0 Å². The Morgan fingerprint density at radius 2 is 2.24 bits per heavy atom. The van der Waals surface area contributed by atoms with Gasteiger partial charge in [-0.05, 0) is 30.6 Å². The third-order valence-corrected chi connectivity index (χ3v) is 5.48. The van der Waals surface area contributed by atoms with E-state index in [4.69, 9.17) is 4.74 Å². The van der Waals surface area contributed by atoms with Crippen molar-refractivity contribution in [2.45, 2.75) is 26.2 Å². The van der Waals surface area contributed by atoms with E-state index in [1.54, 1.807) is 11.4 Å². The van der Waals surface area contributed by atoms with Crippen LogP contribution in [0.2, 0.25) is 0 Å². The van der Waals surface area contributed by atoms with E-state index in [1.807, 2.05) is 6.08 Å². The number of methoxy groups -OCH3 is 1. The Morgan fingerprint density at radius 1 is 1.52 bits per heavy atom. The molecular weight excluding hydrogens is 288 g/mol. The minimum Gasteiger partial charge on any atom is -0.383 e. The van der Waals surface area contributed by atoms with Crippen molar-refractivity contribution in [3.8, 4) is 0 Å². The fraction of sp³-hybridized carbons (Fsp3) is 0.867. The maximum Gasteiger partial charge on any atom is 0.211 e. The lowest BCUT2D eigenvalue weighted by Gasteiger charge is -2.36. The summed E-state index contributed by atoms with van der Waals surface area (Å²) in [6.45, 7) is 9.79. The summed E-state index contributed by atoms with van der Waals surface area (Å²) < 4.78 is 30.0. The molecule has 0 aromatic rings. The minimum absolute atomic E-state index is 0.0150. The van der Waals surface area contributed by atoms with Crippen molar-refractivity contribution in [2.75, 3.05) is 46.2 Å². The molecule has 2 atom stereocenters. The van der Waals surface area contributed by atoms with Crippen LogP contribution >= 0.6 is 0 Å². The highest BCUT2D eigenvalue weighted by Gasteiger charge is 2.31. The third-order valence-electron chi connectivity index (χ3n) is 4.21. The number of sulfonamides is 1. The summed E-state index contributed by atoms with van der Waals surface area (Å²) in [6.07, 6.45) is 6.29. The fourth-order valence-electron chi connectivity index (χ4n) is 2.93. The van der Waals surface area contributed by atoms with Crippen molar-refractivity contribution in [3.63, 3.8) is 0 Å². The van der Waals surface area contributed by atoms with Crippen LogP contribution in [-0.4, -0.2) is 58.9 Å². The van der Waals surface area contributed by atoms with Crippen LogP contribution in [0.3, 0.4) is 0 Å². The zero-order valence-electron chi connectivity index (χ0n) is 13.6. The molecule has 6 heteroatoms. The van der Waals surface area contributed by atoms with E-state index in [1.165, 1.54) is 6.26 Å². The molecule has 0 amide bonds. The first-order valence-electron chi connectivity index (χ1n) is 7.59. The van der Waals surface area contributed by atoms with Crippen LogP contribution in [0.25, 0.3) is 0 Å². The molecule has 2 unspecified atom stereocenters. The van der Waals surface area contributed by atoms with Crippen molar-refractivity contribution in [3.05, 3.63) is 12.7 Å². The molecule has 0 radical (unpaired) electrons. The predicted molar refractivity (Wildman–Crippen MR) is 86.8 cm³/mol. The van der Waals surface area contributed by atoms with Gasteiger partial charge in [0.15, 0.2) is 0 Å². The Balaban J connectivity index is 2.53. The Morgan fingerprint density at radius 3 is 2.81 bits per heavy atom. The average Bonchev–Trinajstić information content (AvgIpc) is 2.43. The van der Waals surface area contributed by atoms with Crippen molar-refractivity contribution in [1.82, 2.24) is 9.62 Å². The second kappa shape index (κ2) is 8.27. The van der Waals surface area contributed by atoms with E-state index in [-0.39, 0.29) is 5.41 Å². The first kappa shape index (κ1) is 18.6. The van der Waals surface area contributed by atoms with Gasteiger partial charge in [0.05, 0.1) is 12.9 Å². The van der Waals surface area contributed by atoms with E-state index >= 15 is 0 Å². The third kappa shape index (κ3) is 6.46. The number of ether oxygens (including phenoxy) is 1. The largest absolute Gasteiger partial charge is 0.383 e. The summed E-state index contributed by atoms with van der Waals surface area (Å²) in [5.41, 5.74) is -0.0150. The topological polar surface area (TPSA) is 58.6 Å². The van der Waals surface area contributed by atoms with Gasteiger partial charge in [-0.1, -0.05) is 13.0 Å². The molecule has 0 bridgehead atoms. The first-order chi connectivity index (χ1) is 9.80. The molecule has 21 heavy (non-hydrogen) atoms. The molecule has 0 aromatic carbocycles. The number of rotatable bonds is 9. The molecule has 1 aliphatic rings. The zero-order valence-corrected chi connectivity index (χ0v) is 14.4. The summed E-state index contributed by atoms with van der Waals surface area (Å²) in [7, 11) is -1.38. The van der Waals surface area contributed by atoms with Gasteiger partial charge < -0.3 is 10.1 Å². The lowest BCUT2D eigenvalue weighted by molar-refractivity contribution is 0.183. The molecule has 1 rings (SSSR count). The predicted octanol–water partition coefficient (Wildman–Crippen LogP) is 1.48. The Labute approximate surface area is 129 Å². The molecule has 0 spiro atoms. The van der Waals surface area contributed by atoms with Crippen LogP contribution in [0.15, 0.2) is 12.7 Å². The molecule has 1 N–H and O–H groups in total. The summed E-state index contributed by atoms with van der Waals surface area (Å²) in [6, 6.07) is 0. The van der Waals surface area contributed by atoms with Crippen LogP contribution in [0, 0.1) is 11.3 Å². The van der Waals surface area contributed by atoms with Gasteiger partial charge >= 0.3 is 0 Å². The maximum atomic E-state index is 11.7. The van der Waals surface area contributed by atoms with Crippen LogP contribution in [0.5, 0.6) is 0 Å². The van der Waals surface area contributed by atoms with E-state index in [2.05, 4.69) is 18.8 Å². The van der Waals surface area contributed by atoms with Gasteiger partial charge in [0, 0.05) is 33.3 Å². The molecule has 1 aliphatic heterocycles. The van der Waals surface area contributed by atoms with Gasteiger partial charge in [-0.2, -0.15) is 0 Å². The number of piperidine rings is 1. The van der Waals surface area contributed by atoms with Gasteiger partial charge in [0.2, 0.25) is 10.0 Å². The summed E-state index contributed by atoms with van der Waals surface area (Å²) >= 11 is 0. The summed E-state index contributed by atoms with van der Waals surface area (Å²) in [5, 5.41) is 3.38. The highest BCUT2D eigenvalue weighted by molar-refractivity contribution is 7.88. The van der Waals surface area contributed by atoms with Crippen LogP contribution in [0.4, 0.5) is 0 Å². The van der Waals surface area contributed by atoms with E-state index in [0.29, 0.717) is 25.6 Å². The van der Waals surface area contributed by atoms with Crippen molar-refractivity contribution >= 4 is 10.0 Å². The van der Waals surface area contributed by atoms with E-state index in [9.17, 15) is 8.42 Å². The highest BCUT2D eigenvalue weighted by Crippen LogP contribution is 2.32. The molecular formula is C15H30N2O3S. The second-order valence-corrected chi connectivity index (χ2v) is 8.34. The summed E-state index contributed by atoms with van der Waals surface area (Å²) in [4.78, 5) is 0. The van der Waals surface area contributed by atoms with Gasteiger partial charge in [-0.25, -0.2) is 12.7 Å². The lowest BCUT2D eigenvalue weighted by Crippen LogP contribution is -2.42. The van der Waals surface area contributed by atoms with Gasteiger partial charge in [-0.15, -0.1) is 6.58 Å². The van der Waals surface area contributed by atoms with Crippen molar-refractivity contribution in [1.29, 1.82) is 0 Å². The fourth-order valence-corrected chi connectivity index (χ4v) is 3.87. The first-order valence-corrected chi connectivity index (χ1v) is 9.44. The molecule has 5 nitrogen and oxygen atoms in total. The van der Waals surface area contributed by atoms with Crippen LogP contribution in [0.1, 0.15) is 26.2 Å². The van der Waals surface area contributed by atoms with Crippen molar-refractivity contribution < 1.29 is 13.2 Å². The van der Waals surface area contributed by atoms with Crippen LogP contribution < -0.4 is 5.32 Å². The molecule has 0 saturated carbocycles. The smallest absolute Gasteiger partial charge is 0.211 e. The maximum absolute atomic E-state index is 11.7. The normalized spacial score (nSPS) is 23.7. The van der Waals surface area contributed by atoms with E-state index < -0.39 is 10.0 Å². The molecule has 0 aliphatic carbocycles. The number of nitrogens with one attached hydrogen (secondary N) is 1. The molecule has 124 valence electrons. The quantitative estimate of drug-likeness (QED) is 0.517. The molecule has 0 aromatic heterocycles. The molecule has 1 heterocycles. The average molecular weight is 318 g/mol. The molecule has 1 fully saturated rings. The summed E-state index contributed by atoms with van der Waals surface area (Å²) in [5.74, 6) is 0.403. The van der Waals surface area contributed by atoms with Gasteiger partial charge in [-0.3, -0.25) is 0 Å². The number of nitrogens with zero attached hydrogens (tertiary/aromatic N) is 1. The van der Waals surface area contributed by atoms with E-state index in [0.717, 1.165) is 32.4 Å². The Kier molecular flexibility index (Phi) is 7.33. The van der Waals surface area contributed by atoms with Gasteiger partial charge in [0.25, 0.3) is 0 Å². The molecule has 1 saturated heterocycles. The highest BCUT2D eigenvalue weighted by atomic mass is 32.2. The Bertz CT molecular complexity index is 425. The Hall–Kier alpha value is -0.430. The number of hydrogen-bond donors (Lipinski definition) is 1. The minimum atomic E-state index is -3.07.